The van der Waals surface area contributed by atoms with Gasteiger partial charge < -0.3 is 10.9 Å². The lowest BCUT2D eigenvalue weighted by molar-refractivity contribution is 0.318. The van der Waals surface area contributed by atoms with Crippen LogP contribution in [0.25, 0.3) is 0 Å². The van der Waals surface area contributed by atoms with Crippen LogP contribution < -0.4 is 5.73 Å². The lowest BCUT2D eigenvalue weighted by Crippen LogP contribution is -2.13. The third-order valence-electron chi connectivity index (χ3n) is 2.29. The van der Waals surface area contributed by atoms with Gasteiger partial charge in [0.2, 0.25) is 0 Å². The number of aryl methyl sites for hydroxylation is 1. The van der Waals surface area contributed by atoms with E-state index in [0.29, 0.717) is 0 Å². The third kappa shape index (κ3) is 3.24. The van der Waals surface area contributed by atoms with Gasteiger partial charge in [0, 0.05) is 22.4 Å². The van der Waals surface area contributed by atoms with E-state index in [-0.39, 0.29) is 5.84 Å². The number of nitrogens with zero attached hydrogens (tertiary/aromatic N) is 2. The Morgan fingerprint density at radius 3 is 3.06 bits per heavy atom. The molecule has 0 radical (unpaired) electrons. The maximum Gasteiger partial charge on any atom is 0.170 e. The molecular formula is C12H13N3OS2. The molecular weight excluding hydrogens is 266 g/mol. The van der Waals surface area contributed by atoms with Crippen LogP contribution >= 0.6 is 23.1 Å². The molecule has 0 aliphatic heterocycles. The van der Waals surface area contributed by atoms with Gasteiger partial charge in [-0.3, -0.25) is 0 Å². The summed E-state index contributed by atoms with van der Waals surface area (Å²) in [7, 11) is 0. The average molecular weight is 279 g/mol. The van der Waals surface area contributed by atoms with Crippen LogP contribution in [0.5, 0.6) is 0 Å². The maximum atomic E-state index is 8.64. The molecule has 3 N–H and O–H groups in total. The predicted molar refractivity (Wildman–Crippen MR) is 75.4 cm³/mol. The number of thiazole rings is 1. The summed E-state index contributed by atoms with van der Waals surface area (Å²) in [5.74, 6) is 0.950. The van der Waals surface area contributed by atoms with Gasteiger partial charge in [0.25, 0.3) is 0 Å². The van der Waals surface area contributed by atoms with Crippen molar-refractivity contribution in [2.24, 2.45) is 10.9 Å². The molecule has 18 heavy (non-hydrogen) atoms. The Morgan fingerprint density at radius 2 is 2.39 bits per heavy atom. The lowest BCUT2D eigenvalue weighted by Gasteiger charge is -2.02. The second-order valence-corrected chi connectivity index (χ2v) is 5.81. The van der Waals surface area contributed by atoms with Crippen LogP contribution in [-0.4, -0.2) is 16.0 Å². The van der Waals surface area contributed by atoms with Crippen molar-refractivity contribution in [1.29, 1.82) is 0 Å². The molecule has 0 unspecified atom stereocenters. The van der Waals surface area contributed by atoms with Crippen LogP contribution in [0.4, 0.5) is 0 Å². The van der Waals surface area contributed by atoms with Crippen molar-refractivity contribution in [1.82, 2.24) is 4.98 Å². The van der Waals surface area contributed by atoms with Gasteiger partial charge in [0.05, 0.1) is 0 Å². The van der Waals surface area contributed by atoms with E-state index in [1.807, 2.05) is 36.6 Å². The van der Waals surface area contributed by atoms with Gasteiger partial charge in [-0.2, -0.15) is 0 Å². The Balaban J connectivity index is 2.05. The number of hydrogen-bond donors (Lipinski definition) is 2. The van der Waals surface area contributed by atoms with Gasteiger partial charge in [-0.25, -0.2) is 4.98 Å². The summed E-state index contributed by atoms with van der Waals surface area (Å²) in [5, 5.41) is 13.7. The lowest BCUT2D eigenvalue weighted by atomic mass is 10.1. The molecule has 94 valence electrons. The molecule has 1 aromatic heterocycles. The fraction of sp³-hybridized carbons (Fsp3) is 0.167. The van der Waals surface area contributed by atoms with E-state index in [4.69, 9.17) is 10.9 Å². The van der Waals surface area contributed by atoms with Gasteiger partial charge >= 0.3 is 0 Å². The van der Waals surface area contributed by atoms with Crippen LogP contribution in [0.2, 0.25) is 0 Å². The number of aromatic nitrogens is 1. The first-order valence-corrected chi connectivity index (χ1v) is 7.17. The Hall–Kier alpha value is -1.53. The molecule has 0 atom stereocenters. The highest BCUT2D eigenvalue weighted by molar-refractivity contribution is 8.00. The first kappa shape index (κ1) is 12.9. The zero-order valence-corrected chi connectivity index (χ0v) is 11.5. The van der Waals surface area contributed by atoms with Crippen LogP contribution in [0.15, 0.2) is 39.1 Å². The molecule has 0 saturated heterocycles. The summed E-state index contributed by atoms with van der Waals surface area (Å²) in [4.78, 5) is 4.39. The topological polar surface area (TPSA) is 71.5 Å². The van der Waals surface area contributed by atoms with Crippen molar-refractivity contribution >= 4 is 28.9 Å². The summed E-state index contributed by atoms with van der Waals surface area (Å²) in [6, 6.07) is 7.65. The molecule has 0 bridgehead atoms. The summed E-state index contributed by atoms with van der Waals surface area (Å²) in [6.45, 7) is 1.99. The van der Waals surface area contributed by atoms with Gasteiger partial charge in [0.15, 0.2) is 5.84 Å². The second-order valence-electron chi connectivity index (χ2n) is 3.73. The van der Waals surface area contributed by atoms with Crippen molar-refractivity contribution < 1.29 is 5.21 Å². The highest BCUT2D eigenvalue weighted by atomic mass is 32.2. The predicted octanol–water partition coefficient (Wildman–Crippen LogP) is 2.84. The molecule has 0 aliphatic rings. The number of thioether (sulfide) groups is 1. The van der Waals surface area contributed by atoms with E-state index in [1.54, 1.807) is 23.1 Å². The molecule has 0 spiro atoms. The quantitative estimate of drug-likeness (QED) is 0.297. The molecule has 0 amide bonds. The Morgan fingerprint density at radius 1 is 1.56 bits per heavy atom. The molecule has 4 nitrogen and oxygen atoms in total. The van der Waals surface area contributed by atoms with Crippen LogP contribution in [0.3, 0.4) is 0 Å². The number of amidine groups is 1. The summed E-state index contributed by atoms with van der Waals surface area (Å²) < 4.78 is 1.06. The molecule has 0 aliphatic carbocycles. The minimum atomic E-state index is 0.131. The fourth-order valence-electron chi connectivity index (χ4n) is 1.42. The standard InChI is InChI=1S/C12H13N3OS2/c1-8-6-17-12(14-8)18-7-9-3-2-4-10(5-9)11(13)15-16/h2-6,16H,7H2,1H3,(H2,13,15). The molecule has 0 fully saturated rings. The molecule has 0 saturated carbocycles. The van der Waals surface area contributed by atoms with Crippen molar-refractivity contribution in [3.05, 3.63) is 46.5 Å². The van der Waals surface area contributed by atoms with Crippen molar-refractivity contribution in [2.75, 3.05) is 0 Å². The highest BCUT2D eigenvalue weighted by Crippen LogP contribution is 2.26. The molecule has 2 rings (SSSR count). The van der Waals surface area contributed by atoms with E-state index in [9.17, 15) is 0 Å². The van der Waals surface area contributed by atoms with E-state index in [2.05, 4.69) is 10.1 Å². The summed E-state index contributed by atoms with van der Waals surface area (Å²) in [6.07, 6.45) is 0. The SMILES string of the molecule is Cc1csc(SCc2cccc(/C(N)=N/O)c2)n1. The van der Waals surface area contributed by atoms with E-state index in [1.165, 1.54) is 0 Å². The number of benzene rings is 1. The maximum absolute atomic E-state index is 8.64. The fourth-order valence-corrected chi connectivity index (χ4v) is 3.21. The van der Waals surface area contributed by atoms with Crippen LogP contribution in [0, 0.1) is 6.92 Å². The van der Waals surface area contributed by atoms with Crippen LogP contribution in [-0.2, 0) is 5.75 Å². The largest absolute Gasteiger partial charge is 0.409 e. The van der Waals surface area contributed by atoms with Gasteiger partial charge in [0.1, 0.15) is 4.34 Å². The molecule has 2 aromatic rings. The molecule has 1 aromatic carbocycles. The average Bonchev–Trinajstić information content (AvgIpc) is 2.81. The highest BCUT2D eigenvalue weighted by Gasteiger charge is 2.03. The smallest absolute Gasteiger partial charge is 0.170 e. The molecule has 6 heteroatoms. The van der Waals surface area contributed by atoms with Gasteiger partial charge in [-0.05, 0) is 18.6 Å². The monoisotopic (exact) mass is 279 g/mol. The Kier molecular flexibility index (Phi) is 4.22. The summed E-state index contributed by atoms with van der Waals surface area (Å²) >= 11 is 3.33. The van der Waals surface area contributed by atoms with E-state index < -0.39 is 0 Å². The minimum absolute atomic E-state index is 0.131. The van der Waals surface area contributed by atoms with Crippen molar-refractivity contribution in [3.63, 3.8) is 0 Å². The first-order chi connectivity index (χ1) is 8.69. The first-order valence-electron chi connectivity index (χ1n) is 5.31. The molecule has 1 heterocycles. The summed E-state index contributed by atoms with van der Waals surface area (Å²) in [5.41, 5.74) is 8.46. The van der Waals surface area contributed by atoms with E-state index >= 15 is 0 Å². The van der Waals surface area contributed by atoms with E-state index in [0.717, 1.165) is 26.9 Å². The van der Waals surface area contributed by atoms with Gasteiger partial charge in [-0.15, -0.1) is 11.3 Å². The number of rotatable bonds is 4. The Bertz CT molecular complexity index is 566. The zero-order chi connectivity index (χ0) is 13.0. The van der Waals surface area contributed by atoms with Crippen LogP contribution in [0.1, 0.15) is 16.8 Å². The van der Waals surface area contributed by atoms with Crippen molar-refractivity contribution in [3.8, 4) is 0 Å². The Labute approximate surface area is 114 Å². The van der Waals surface area contributed by atoms with Gasteiger partial charge in [-0.1, -0.05) is 35.1 Å². The zero-order valence-electron chi connectivity index (χ0n) is 9.83. The van der Waals surface area contributed by atoms with Crippen molar-refractivity contribution in [2.45, 2.75) is 17.0 Å². The second kappa shape index (κ2) is 5.88. The number of oxime groups is 1. The number of hydrogen-bond acceptors (Lipinski definition) is 5. The normalized spacial score (nSPS) is 11.7. The minimum Gasteiger partial charge on any atom is -0.409 e. The third-order valence-corrected chi connectivity index (χ3v) is 4.50. The number of nitrogens with two attached hydrogens (primary N) is 1.